The van der Waals surface area contributed by atoms with Crippen LogP contribution in [-0.2, 0) is 6.42 Å². The fourth-order valence-electron chi connectivity index (χ4n) is 2.69. The molecule has 2 aromatic heterocycles. The van der Waals surface area contributed by atoms with Gasteiger partial charge < -0.3 is 16.2 Å². The van der Waals surface area contributed by atoms with E-state index in [2.05, 4.69) is 10.3 Å². The first kappa shape index (κ1) is 16.4. The van der Waals surface area contributed by atoms with Crippen molar-refractivity contribution in [3.63, 3.8) is 0 Å². The molecule has 1 atom stereocenters. The number of carbonyl (C=O) groups is 1. The summed E-state index contributed by atoms with van der Waals surface area (Å²) in [7, 11) is 0. The number of rotatable bonds is 4. The Morgan fingerprint density at radius 2 is 2.08 bits per heavy atom. The predicted molar refractivity (Wildman–Crippen MR) is 98.5 cm³/mol. The van der Waals surface area contributed by atoms with Gasteiger partial charge in [-0.3, -0.25) is 4.79 Å². The summed E-state index contributed by atoms with van der Waals surface area (Å²) in [5, 5.41) is 13.3. The lowest BCUT2D eigenvalue weighted by molar-refractivity contribution is 0.103. The number of carbonyl (C=O) groups excluding carboxylic acids is 1. The van der Waals surface area contributed by atoms with Gasteiger partial charge in [0.15, 0.2) is 0 Å². The molecule has 24 heavy (non-hydrogen) atoms. The first-order valence-corrected chi connectivity index (χ1v) is 8.50. The number of hydrogen-bond donors (Lipinski definition) is 3. The predicted octanol–water partition coefficient (Wildman–Crippen LogP) is 3.36. The SMILES string of the molecule is Cc1cc(CC(C)O)c2c(N)c(C(=O)Nc3ccccc3)sc2n1. The molecule has 1 aromatic carbocycles. The maximum absolute atomic E-state index is 12.6. The van der Waals surface area contributed by atoms with Crippen molar-refractivity contribution in [1.29, 1.82) is 0 Å². The van der Waals surface area contributed by atoms with Gasteiger partial charge in [0.25, 0.3) is 5.91 Å². The highest BCUT2D eigenvalue weighted by Crippen LogP contribution is 2.36. The number of nitrogens with two attached hydrogens (primary N) is 1. The van der Waals surface area contributed by atoms with Gasteiger partial charge in [-0.25, -0.2) is 4.98 Å². The van der Waals surface area contributed by atoms with E-state index in [1.165, 1.54) is 11.3 Å². The largest absolute Gasteiger partial charge is 0.397 e. The quantitative estimate of drug-likeness (QED) is 0.679. The van der Waals surface area contributed by atoms with Crippen LogP contribution in [0.15, 0.2) is 36.4 Å². The van der Waals surface area contributed by atoms with Crippen LogP contribution < -0.4 is 11.1 Å². The molecule has 3 rings (SSSR count). The normalized spacial score (nSPS) is 12.3. The number of aromatic nitrogens is 1. The van der Waals surface area contributed by atoms with Crippen molar-refractivity contribution in [1.82, 2.24) is 4.98 Å². The van der Waals surface area contributed by atoms with Crippen LogP contribution in [0.2, 0.25) is 0 Å². The fourth-order valence-corrected chi connectivity index (χ4v) is 3.78. The van der Waals surface area contributed by atoms with Crippen LogP contribution >= 0.6 is 11.3 Å². The molecule has 3 aromatic rings. The number of aliphatic hydroxyl groups is 1. The highest BCUT2D eigenvalue weighted by atomic mass is 32.1. The number of aryl methyl sites for hydroxylation is 1. The number of pyridine rings is 1. The van der Waals surface area contributed by atoms with Crippen molar-refractivity contribution in [2.45, 2.75) is 26.4 Å². The second-order valence-electron chi connectivity index (χ2n) is 5.82. The highest BCUT2D eigenvalue weighted by molar-refractivity contribution is 7.21. The van der Waals surface area contributed by atoms with Crippen LogP contribution in [0.25, 0.3) is 10.2 Å². The zero-order valence-electron chi connectivity index (χ0n) is 13.5. The zero-order chi connectivity index (χ0) is 17.3. The molecule has 1 unspecified atom stereocenters. The molecule has 0 saturated carbocycles. The lowest BCUT2D eigenvalue weighted by Gasteiger charge is -2.08. The molecule has 0 fully saturated rings. The summed E-state index contributed by atoms with van der Waals surface area (Å²) in [6, 6.07) is 11.2. The van der Waals surface area contributed by atoms with Crippen LogP contribution in [0.5, 0.6) is 0 Å². The number of anilines is 2. The molecule has 2 heterocycles. The van der Waals surface area contributed by atoms with E-state index >= 15 is 0 Å². The lowest BCUT2D eigenvalue weighted by atomic mass is 10.0. The zero-order valence-corrected chi connectivity index (χ0v) is 14.4. The molecule has 5 nitrogen and oxygen atoms in total. The number of fused-ring (bicyclic) bond motifs is 1. The summed E-state index contributed by atoms with van der Waals surface area (Å²) in [6.07, 6.45) is -0.0172. The topological polar surface area (TPSA) is 88.2 Å². The monoisotopic (exact) mass is 341 g/mol. The average molecular weight is 341 g/mol. The van der Waals surface area contributed by atoms with Crippen molar-refractivity contribution in [3.05, 3.63) is 52.5 Å². The van der Waals surface area contributed by atoms with E-state index in [-0.39, 0.29) is 5.91 Å². The van der Waals surface area contributed by atoms with E-state index < -0.39 is 6.10 Å². The third-order valence-corrected chi connectivity index (χ3v) is 4.76. The fraction of sp³-hybridized carbons (Fsp3) is 0.222. The van der Waals surface area contributed by atoms with Gasteiger partial charge in [0.1, 0.15) is 9.71 Å². The van der Waals surface area contributed by atoms with Crippen LogP contribution in [-0.4, -0.2) is 22.1 Å². The van der Waals surface area contributed by atoms with Gasteiger partial charge in [-0.2, -0.15) is 0 Å². The second-order valence-corrected chi connectivity index (χ2v) is 6.82. The average Bonchev–Trinajstić information content (AvgIpc) is 2.84. The Bertz CT molecular complexity index is 888. The number of nitrogens with zero attached hydrogens (tertiary/aromatic N) is 1. The van der Waals surface area contributed by atoms with Gasteiger partial charge in [0, 0.05) is 16.8 Å². The van der Waals surface area contributed by atoms with Crippen LogP contribution in [0.4, 0.5) is 11.4 Å². The Kier molecular flexibility index (Phi) is 4.51. The molecule has 124 valence electrons. The lowest BCUT2D eigenvalue weighted by Crippen LogP contribution is -2.12. The molecule has 4 N–H and O–H groups in total. The molecule has 0 spiro atoms. The Morgan fingerprint density at radius 3 is 2.75 bits per heavy atom. The maximum atomic E-state index is 12.6. The van der Waals surface area contributed by atoms with E-state index in [4.69, 9.17) is 5.73 Å². The third-order valence-electron chi connectivity index (χ3n) is 3.66. The minimum atomic E-state index is -0.490. The first-order chi connectivity index (χ1) is 11.5. The van der Waals surface area contributed by atoms with Crippen LogP contribution in [0.3, 0.4) is 0 Å². The van der Waals surface area contributed by atoms with Gasteiger partial charge in [-0.1, -0.05) is 18.2 Å². The number of para-hydroxylation sites is 1. The molecule has 6 heteroatoms. The van der Waals surface area contributed by atoms with Crippen LogP contribution in [0, 0.1) is 6.92 Å². The summed E-state index contributed by atoms with van der Waals surface area (Å²) in [5.74, 6) is -0.248. The minimum absolute atomic E-state index is 0.248. The molecule has 0 radical (unpaired) electrons. The second kappa shape index (κ2) is 6.59. The molecule has 0 saturated heterocycles. The van der Waals surface area contributed by atoms with Crippen molar-refractivity contribution in [3.8, 4) is 0 Å². The van der Waals surface area contributed by atoms with Gasteiger partial charge >= 0.3 is 0 Å². The third kappa shape index (κ3) is 3.25. The number of nitrogen functional groups attached to an aromatic ring is 1. The number of benzene rings is 1. The molecular weight excluding hydrogens is 322 g/mol. The smallest absolute Gasteiger partial charge is 0.267 e. The Morgan fingerprint density at radius 1 is 1.38 bits per heavy atom. The Labute approximate surface area is 144 Å². The Hall–Kier alpha value is -2.44. The van der Waals surface area contributed by atoms with Crippen LogP contribution in [0.1, 0.15) is 27.9 Å². The molecule has 0 aliphatic heterocycles. The summed E-state index contributed by atoms with van der Waals surface area (Å²) in [4.78, 5) is 18.2. The maximum Gasteiger partial charge on any atom is 0.267 e. The molecule has 0 aliphatic rings. The van der Waals surface area contributed by atoms with Gasteiger partial charge in [-0.05, 0) is 44.0 Å². The number of aliphatic hydroxyl groups excluding tert-OH is 1. The summed E-state index contributed by atoms with van der Waals surface area (Å²) >= 11 is 1.28. The molecular formula is C18H19N3O2S. The van der Waals surface area contributed by atoms with E-state index in [9.17, 15) is 9.90 Å². The standard InChI is InChI=1S/C18H19N3O2S/c1-10-8-12(9-11(2)22)14-15(19)16(24-18(14)20-10)17(23)21-13-6-4-3-5-7-13/h3-8,11,22H,9,19H2,1-2H3,(H,21,23). The highest BCUT2D eigenvalue weighted by Gasteiger charge is 2.20. The van der Waals surface area contributed by atoms with Crippen molar-refractivity contribution in [2.75, 3.05) is 11.1 Å². The van der Waals surface area contributed by atoms with Gasteiger partial charge in [0.05, 0.1) is 11.8 Å². The first-order valence-electron chi connectivity index (χ1n) is 7.68. The minimum Gasteiger partial charge on any atom is -0.397 e. The van der Waals surface area contributed by atoms with Crippen molar-refractivity contribution >= 4 is 38.8 Å². The number of thiophene rings is 1. The molecule has 0 bridgehead atoms. The molecule has 0 aliphatic carbocycles. The summed E-state index contributed by atoms with van der Waals surface area (Å²) in [6.45, 7) is 3.62. The van der Waals surface area contributed by atoms with E-state index in [0.717, 1.165) is 21.5 Å². The van der Waals surface area contributed by atoms with Gasteiger partial charge in [-0.15, -0.1) is 11.3 Å². The number of amides is 1. The van der Waals surface area contributed by atoms with Crippen molar-refractivity contribution in [2.24, 2.45) is 0 Å². The summed E-state index contributed by atoms with van der Waals surface area (Å²) in [5.41, 5.74) is 9.15. The number of nitrogens with one attached hydrogen (secondary N) is 1. The van der Waals surface area contributed by atoms with E-state index in [1.807, 2.05) is 43.3 Å². The Balaban J connectivity index is 2.03. The van der Waals surface area contributed by atoms with Crippen molar-refractivity contribution < 1.29 is 9.90 Å². The van der Waals surface area contributed by atoms with Gasteiger partial charge in [0.2, 0.25) is 0 Å². The van der Waals surface area contributed by atoms with E-state index in [1.54, 1.807) is 6.92 Å². The summed E-state index contributed by atoms with van der Waals surface area (Å²) < 4.78 is 0. The number of hydrogen-bond acceptors (Lipinski definition) is 5. The molecule has 1 amide bonds. The van der Waals surface area contributed by atoms with E-state index in [0.29, 0.717) is 22.7 Å².